The zero-order valence-electron chi connectivity index (χ0n) is 14.4. The molecule has 1 saturated heterocycles. The Balaban J connectivity index is 2.17. The van der Waals surface area contributed by atoms with Crippen molar-refractivity contribution in [3.05, 3.63) is 29.6 Å². The number of hydrogen-bond acceptors (Lipinski definition) is 4. The van der Waals surface area contributed by atoms with Gasteiger partial charge in [0.1, 0.15) is 11.3 Å². The number of hydrogen-bond donors (Lipinski definition) is 0. The van der Waals surface area contributed by atoms with Crippen molar-refractivity contribution < 1.29 is 27.5 Å². The highest BCUT2D eigenvalue weighted by atomic mass is 19.4. The molecule has 8 heteroatoms. The van der Waals surface area contributed by atoms with E-state index in [2.05, 4.69) is 4.98 Å². The van der Waals surface area contributed by atoms with Crippen LogP contribution in [0.15, 0.2) is 18.3 Å². The fourth-order valence-corrected chi connectivity index (χ4v) is 2.69. The van der Waals surface area contributed by atoms with Gasteiger partial charge in [-0.25, -0.2) is 0 Å². The van der Waals surface area contributed by atoms with Crippen LogP contribution in [0.2, 0.25) is 0 Å². The quantitative estimate of drug-likeness (QED) is 0.761. The standard InChI is InChI=1S/C17H21F3N2O3/c1-16(2,3)25-15(24)11-6-5-9-22(10-11)14(23)13-12(17(18,19)20)7-4-8-21-13/h4,7-8,11H,5-6,9-10H2,1-3H3/t11-/m0/s1. The Hall–Kier alpha value is -2.12. The van der Waals surface area contributed by atoms with Gasteiger partial charge in [0.25, 0.3) is 5.91 Å². The molecule has 2 rings (SSSR count). The minimum absolute atomic E-state index is 0.0294. The Morgan fingerprint density at radius 3 is 2.56 bits per heavy atom. The number of aromatic nitrogens is 1. The number of esters is 1. The number of alkyl halides is 3. The topological polar surface area (TPSA) is 59.5 Å². The van der Waals surface area contributed by atoms with Crippen LogP contribution in [0.1, 0.15) is 49.7 Å². The highest BCUT2D eigenvalue weighted by molar-refractivity contribution is 5.94. The van der Waals surface area contributed by atoms with Gasteiger partial charge in [-0.3, -0.25) is 14.6 Å². The zero-order chi connectivity index (χ0) is 18.8. The summed E-state index contributed by atoms with van der Waals surface area (Å²) in [5.74, 6) is -1.81. The summed E-state index contributed by atoms with van der Waals surface area (Å²) in [5, 5.41) is 0. The Labute approximate surface area is 144 Å². The Kier molecular flexibility index (Phi) is 5.39. The molecule has 0 bridgehead atoms. The van der Waals surface area contributed by atoms with E-state index in [0.717, 1.165) is 18.3 Å². The van der Waals surface area contributed by atoms with Gasteiger partial charge < -0.3 is 9.64 Å². The maximum absolute atomic E-state index is 13.1. The molecule has 0 N–H and O–H groups in total. The van der Waals surface area contributed by atoms with Crippen molar-refractivity contribution in [1.82, 2.24) is 9.88 Å². The van der Waals surface area contributed by atoms with Gasteiger partial charge in [-0.15, -0.1) is 0 Å². The molecule has 1 atom stereocenters. The summed E-state index contributed by atoms with van der Waals surface area (Å²) < 4.78 is 44.6. The van der Waals surface area contributed by atoms with Gasteiger partial charge in [0.05, 0.1) is 11.5 Å². The molecule has 1 aromatic rings. The summed E-state index contributed by atoms with van der Waals surface area (Å²) in [5.41, 5.74) is -2.37. The molecular formula is C17H21F3N2O3. The molecule has 0 saturated carbocycles. The number of likely N-dealkylation sites (tertiary alicyclic amines) is 1. The van der Waals surface area contributed by atoms with Crippen LogP contribution in [0.4, 0.5) is 13.2 Å². The number of amides is 1. The van der Waals surface area contributed by atoms with Gasteiger partial charge in [-0.1, -0.05) is 0 Å². The van der Waals surface area contributed by atoms with Crippen LogP contribution in [0.5, 0.6) is 0 Å². The van der Waals surface area contributed by atoms with E-state index in [-0.39, 0.29) is 13.1 Å². The normalized spacial score (nSPS) is 18.8. The van der Waals surface area contributed by atoms with Gasteiger partial charge in [-0.2, -0.15) is 13.2 Å². The first kappa shape index (κ1) is 19.2. The molecule has 0 radical (unpaired) electrons. The highest BCUT2D eigenvalue weighted by Crippen LogP contribution is 2.32. The van der Waals surface area contributed by atoms with Gasteiger partial charge in [0, 0.05) is 19.3 Å². The van der Waals surface area contributed by atoms with E-state index in [9.17, 15) is 22.8 Å². The van der Waals surface area contributed by atoms with Crippen LogP contribution in [-0.2, 0) is 15.7 Å². The lowest BCUT2D eigenvalue weighted by atomic mass is 9.97. The maximum Gasteiger partial charge on any atom is 0.418 e. The molecule has 138 valence electrons. The summed E-state index contributed by atoms with van der Waals surface area (Å²) in [6, 6.07) is 1.97. The summed E-state index contributed by atoms with van der Waals surface area (Å²) in [7, 11) is 0. The Morgan fingerprint density at radius 2 is 1.96 bits per heavy atom. The van der Waals surface area contributed by atoms with E-state index in [1.54, 1.807) is 20.8 Å². The SMILES string of the molecule is CC(C)(C)OC(=O)[C@H]1CCCN(C(=O)c2ncccc2C(F)(F)F)C1. The lowest BCUT2D eigenvalue weighted by Gasteiger charge is -2.33. The van der Waals surface area contributed by atoms with Crippen molar-refractivity contribution in [2.75, 3.05) is 13.1 Å². The maximum atomic E-state index is 13.1. The van der Waals surface area contributed by atoms with E-state index in [1.165, 1.54) is 4.90 Å². The van der Waals surface area contributed by atoms with Crippen molar-refractivity contribution in [2.45, 2.75) is 45.4 Å². The predicted octanol–water partition coefficient (Wildman–Crippen LogP) is 3.29. The first-order valence-electron chi connectivity index (χ1n) is 8.03. The highest BCUT2D eigenvalue weighted by Gasteiger charge is 2.39. The van der Waals surface area contributed by atoms with Crippen LogP contribution in [-0.4, -0.2) is 40.5 Å². The van der Waals surface area contributed by atoms with Crippen LogP contribution in [0.3, 0.4) is 0 Å². The van der Waals surface area contributed by atoms with E-state index < -0.39 is 40.8 Å². The third-order valence-electron chi connectivity index (χ3n) is 3.76. The third-order valence-corrected chi connectivity index (χ3v) is 3.76. The number of nitrogens with zero attached hydrogens (tertiary/aromatic N) is 2. The molecule has 0 unspecified atom stereocenters. The van der Waals surface area contributed by atoms with Crippen molar-refractivity contribution in [1.29, 1.82) is 0 Å². The van der Waals surface area contributed by atoms with E-state index in [4.69, 9.17) is 4.74 Å². The zero-order valence-corrected chi connectivity index (χ0v) is 14.4. The Morgan fingerprint density at radius 1 is 1.28 bits per heavy atom. The predicted molar refractivity (Wildman–Crippen MR) is 83.7 cm³/mol. The molecule has 0 spiro atoms. The van der Waals surface area contributed by atoms with E-state index in [0.29, 0.717) is 12.8 Å². The number of carbonyl (C=O) groups is 2. The minimum Gasteiger partial charge on any atom is -0.460 e. The molecule has 0 aliphatic carbocycles. The third kappa shape index (κ3) is 4.93. The molecule has 0 aromatic carbocycles. The lowest BCUT2D eigenvalue weighted by Crippen LogP contribution is -2.44. The molecule has 2 heterocycles. The molecule has 5 nitrogen and oxygen atoms in total. The van der Waals surface area contributed by atoms with Crippen molar-refractivity contribution >= 4 is 11.9 Å². The van der Waals surface area contributed by atoms with Crippen LogP contribution in [0.25, 0.3) is 0 Å². The second kappa shape index (κ2) is 7.01. The largest absolute Gasteiger partial charge is 0.460 e. The number of piperidine rings is 1. The second-order valence-electron chi connectivity index (χ2n) is 7.02. The van der Waals surface area contributed by atoms with Crippen molar-refractivity contribution in [3.8, 4) is 0 Å². The molecular weight excluding hydrogens is 337 g/mol. The summed E-state index contributed by atoms with van der Waals surface area (Å²) >= 11 is 0. The average Bonchev–Trinajstić information content (AvgIpc) is 2.52. The number of pyridine rings is 1. The average molecular weight is 358 g/mol. The summed E-state index contributed by atoms with van der Waals surface area (Å²) in [6.07, 6.45) is -2.46. The number of ether oxygens (including phenoxy) is 1. The lowest BCUT2D eigenvalue weighted by molar-refractivity contribution is -0.161. The molecule has 1 aromatic heterocycles. The molecule has 25 heavy (non-hydrogen) atoms. The van der Waals surface area contributed by atoms with Crippen LogP contribution in [0, 0.1) is 5.92 Å². The summed E-state index contributed by atoms with van der Waals surface area (Å²) in [4.78, 5) is 29.6. The number of rotatable bonds is 2. The first-order valence-corrected chi connectivity index (χ1v) is 8.03. The molecule has 1 fully saturated rings. The monoisotopic (exact) mass is 358 g/mol. The van der Waals surface area contributed by atoms with Crippen molar-refractivity contribution in [3.63, 3.8) is 0 Å². The molecule has 1 aliphatic heterocycles. The van der Waals surface area contributed by atoms with Crippen LogP contribution < -0.4 is 0 Å². The summed E-state index contributed by atoms with van der Waals surface area (Å²) in [6.45, 7) is 5.52. The Bertz CT molecular complexity index is 653. The number of halogens is 3. The first-order chi connectivity index (χ1) is 11.5. The smallest absolute Gasteiger partial charge is 0.418 e. The fourth-order valence-electron chi connectivity index (χ4n) is 2.69. The van der Waals surface area contributed by atoms with Gasteiger partial charge in [-0.05, 0) is 45.7 Å². The van der Waals surface area contributed by atoms with E-state index in [1.807, 2.05) is 0 Å². The minimum atomic E-state index is -4.67. The fraction of sp³-hybridized carbons (Fsp3) is 0.588. The van der Waals surface area contributed by atoms with Crippen LogP contribution >= 0.6 is 0 Å². The van der Waals surface area contributed by atoms with Gasteiger partial charge in [0.2, 0.25) is 0 Å². The van der Waals surface area contributed by atoms with Gasteiger partial charge in [0.15, 0.2) is 0 Å². The van der Waals surface area contributed by atoms with Crippen molar-refractivity contribution in [2.24, 2.45) is 5.92 Å². The molecule has 1 aliphatic rings. The number of carbonyl (C=O) groups excluding carboxylic acids is 2. The second-order valence-corrected chi connectivity index (χ2v) is 7.02. The van der Waals surface area contributed by atoms with E-state index >= 15 is 0 Å². The molecule has 1 amide bonds. The van der Waals surface area contributed by atoms with Gasteiger partial charge >= 0.3 is 12.1 Å².